The molecule has 0 bridgehead atoms. The zero-order chi connectivity index (χ0) is 10.7. The van der Waals surface area contributed by atoms with E-state index in [2.05, 4.69) is 32.5 Å². The number of aromatic nitrogens is 5. The summed E-state index contributed by atoms with van der Waals surface area (Å²) in [4.78, 5) is 4.13. The molecule has 2 aromatic rings. The fraction of sp³-hybridized carbons (Fsp3) is 0.444. The number of nitrogens with one attached hydrogen (secondary N) is 2. The maximum atomic E-state index is 4.23. The average molecular weight is 206 g/mol. The fourth-order valence-corrected chi connectivity index (χ4v) is 1.52. The monoisotopic (exact) mass is 206 g/mol. The molecule has 0 radical (unpaired) electrons. The molecule has 0 saturated carbocycles. The van der Waals surface area contributed by atoms with Crippen LogP contribution in [0.25, 0.3) is 0 Å². The van der Waals surface area contributed by atoms with Gasteiger partial charge in [-0.3, -0.25) is 9.78 Å². The Balaban J connectivity index is 2.27. The van der Waals surface area contributed by atoms with Crippen LogP contribution in [0.1, 0.15) is 24.4 Å². The van der Waals surface area contributed by atoms with E-state index >= 15 is 0 Å². The first kappa shape index (κ1) is 9.85. The second-order valence-electron chi connectivity index (χ2n) is 3.22. The summed E-state index contributed by atoms with van der Waals surface area (Å²) < 4.78 is 1.88. The maximum Gasteiger partial charge on any atom is 0.146 e. The second-order valence-corrected chi connectivity index (χ2v) is 3.22. The smallest absolute Gasteiger partial charge is 0.146 e. The minimum atomic E-state index is 0.0211. The highest BCUT2D eigenvalue weighted by atomic mass is 15.3. The SMILES string of the molecule is CCn1cc(C(NC)c2ncn[nH]2)cn1. The van der Waals surface area contributed by atoms with Crippen LogP contribution in [0.3, 0.4) is 0 Å². The topological polar surface area (TPSA) is 71.4 Å². The van der Waals surface area contributed by atoms with Gasteiger partial charge in [0.2, 0.25) is 0 Å². The third kappa shape index (κ3) is 1.89. The molecule has 0 spiro atoms. The summed E-state index contributed by atoms with van der Waals surface area (Å²) in [6.45, 7) is 2.92. The Kier molecular flexibility index (Phi) is 2.77. The van der Waals surface area contributed by atoms with Crippen LogP contribution in [0.4, 0.5) is 0 Å². The molecule has 15 heavy (non-hydrogen) atoms. The molecular formula is C9H14N6. The summed E-state index contributed by atoms with van der Waals surface area (Å²) >= 11 is 0. The molecular weight excluding hydrogens is 192 g/mol. The molecule has 0 aromatic carbocycles. The molecule has 1 unspecified atom stereocenters. The quantitative estimate of drug-likeness (QED) is 0.756. The lowest BCUT2D eigenvalue weighted by atomic mass is 10.1. The van der Waals surface area contributed by atoms with Crippen LogP contribution in [0.5, 0.6) is 0 Å². The largest absolute Gasteiger partial charge is 0.307 e. The van der Waals surface area contributed by atoms with E-state index in [-0.39, 0.29) is 6.04 Å². The van der Waals surface area contributed by atoms with Crippen molar-refractivity contribution in [2.24, 2.45) is 0 Å². The molecule has 2 N–H and O–H groups in total. The second kappa shape index (κ2) is 4.22. The van der Waals surface area contributed by atoms with Gasteiger partial charge in [0.15, 0.2) is 0 Å². The molecule has 0 aliphatic rings. The molecule has 0 aliphatic heterocycles. The number of hydrogen-bond acceptors (Lipinski definition) is 4. The minimum Gasteiger partial charge on any atom is -0.307 e. The van der Waals surface area contributed by atoms with Gasteiger partial charge in [0.25, 0.3) is 0 Å². The van der Waals surface area contributed by atoms with Crippen LogP contribution in [0.2, 0.25) is 0 Å². The summed E-state index contributed by atoms with van der Waals surface area (Å²) in [6, 6.07) is 0.0211. The Labute approximate surface area is 87.7 Å². The predicted molar refractivity (Wildman–Crippen MR) is 55.2 cm³/mol. The average Bonchev–Trinajstić information content (AvgIpc) is 2.89. The van der Waals surface area contributed by atoms with Crippen LogP contribution in [0, 0.1) is 0 Å². The maximum absolute atomic E-state index is 4.23. The number of nitrogens with zero attached hydrogens (tertiary/aromatic N) is 4. The molecule has 1 atom stereocenters. The molecule has 6 heteroatoms. The van der Waals surface area contributed by atoms with E-state index in [1.165, 1.54) is 6.33 Å². The summed E-state index contributed by atoms with van der Waals surface area (Å²) in [5, 5.41) is 14.1. The first-order valence-corrected chi connectivity index (χ1v) is 4.90. The lowest BCUT2D eigenvalue weighted by Crippen LogP contribution is -2.18. The molecule has 80 valence electrons. The van der Waals surface area contributed by atoms with Crippen molar-refractivity contribution in [1.29, 1.82) is 0 Å². The van der Waals surface area contributed by atoms with E-state index in [4.69, 9.17) is 0 Å². The number of aromatic amines is 1. The van der Waals surface area contributed by atoms with Gasteiger partial charge in [-0.25, -0.2) is 4.98 Å². The van der Waals surface area contributed by atoms with Gasteiger partial charge < -0.3 is 5.32 Å². The van der Waals surface area contributed by atoms with Crippen LogP contribution >= 0.6 is 0 Å². The normalized spacial score (nSPS) is 12.9. The molecule has 2 aromatic heterocycles. The highest BCUT2D eigenvalue weighted by Gasteiger charge is 2.16. The molecule has 2 rings (SSSR count). The van der Waals surface area contributed by atoms with Crippen LogP contribution in [-0.2, 0) is 6.54 Å². The zero-order valence-electron chi connectivity index (χ0n) is 8.81. The van der Waals surface area contributed by atoms with Crippen molar-refractivity contribution in [2.75, 3.05) is 7.05 Å². The molecule has 6 nitrogen and oxygen atoms in total. The summed E-state index contributed by atoms with van der Waals surface area (Å²) in [5.74, 6) is 0.799. The molecule has 2 heterocycles. The first-order valence-electron chi connectivity index (χ1n) is 4.90. The Hall–Kier alpha value is -1.69. The lowest BCUT2D eigenvalue weighted by Gasteiger charge is -2.10. The lowest BCUT2D eigenvalue weighted by molar-refractivity contribution is 0.639. The van der Waals surface area contributed by atoms with Gasteiger partial charge >= 0.3 is 0 Å². The van der Waals surface area contributed by atoms with E-state index in [9.17, 15) is 0 Å². The third-order valence-electron chi connectivity index (χ3n) is 2.31. The third-order valence-corrected chi connectivity index (χ3v) is 2.31. The Bertz CT molecular complexity index is 404. The van der Waals surface area contributed by atoms with E-state index in [0.717, 1.165) is 17.9 Å². The molecule has 0 saturated heterocycles. The van der Waals surface area contributed by atoms with Gasteiger partial charge in [-0.05, 0) is 14.0 Å². The van der Waals surface area contributed by atoms with Crippen LogP contribution in [-0.4, -0.2) is 32.0 Å². The van der Waals surface area contributed by atoms with E-state index in [1.54, 1.807) is 0 Å². The Morgan fingerprint density at radius 1 is 1.60 bits per heavy atom. The minimum absolute atomic E-state index is 0.0211. The first-order chi connectivity index (χ1) is 7.35. The Morgan fingerprint density at radius 3 is 3.00 bits per heavy atom. The van der Waals surface area contributed by atoms with E-state index < -0.39 is 0 Å². The van der Waals surface area contributed by atoms with Crippen molar-refractivity contribution < 1.29 is 0 Å². The predicted octanol–water partition coefficient (Wildman–Crippen LogP) is 0.330. The summed E-state index contributed by atoms with van der Waals surface area (Å²) in [7, 11) is 1.89. The van der Waals surface area contributed by atoms with Crippen LogP contribution in [0.15, 0.2) is 18.7 Å². The summed E-state index contributed by atoms with van der Waals surface area (Å²) in [5.41, 5.74) is 1.08. The van der Waals surface area contributed by atoms with Gasteiger partial charge in [0.1, 0.15) is 12.2 Å². The van der Waals surface area contributed by atoms with Crippen molar-refractivity contribution >= 4 is 0 Å². The highest BCUT2D eigenvalue weighted by Crippen LogP contribution is 2.16. The van der Waals surface area contributed by atoms with Crippen molar-refractivity contribution in [3.63, 3.8) is 0 Å². The summed E-state index contributed by atoms with van der Waals surface area (Å²) in [6.07, 6.45) is 5.35. The van der Waals surface area contributed by atoms with Crippen molar-refractivity contribution in [3.05, 3.63) is 30.1 Å². The molecule has 0 aliphatic carbocycles. The van der Waals surface area contributed by atoms with Gasteiger partial charge in [-0.1, -0.05) is 0 Å². The van der Waals surface area contributed by atoms with Gasteiger partial charge in [0.05, 0.1) is 12.2 Å². The number of rotatable bonds is 4. The number of hydrogen-bond donors (Lipinski definition) is 2. The van der Waals surface area contributed by atoms with Crippen molar-refractivity contribution in [3.8, 4) is 0 Å². The van der Waals surface area contributed by atoms with Gasteiger partial charge in [-0.15, -0.1) is 0 Å². The number of aryl methyl sites for hydroxylation is 1. The van der Waals surface area contributed by atoms with Crippen molar-refractivity contribution in [1.82, 2.24) is 30.3 Å². The fourth-order valence-electron chi connectivity index (χ4n) is 1.52. The molecule has 0 amide bonds. The van der Waals surface area contributed by atoms with Gasteiger partial charge in [0, 0.05) is 18.3 Å². The van der Waals surface area contributed by atoms with E-state index in [0.29, 0.717) is 0 Å². The van der Waals surface area contributed by atoms with E-state index in [1.807, 2.05) is 24.1 Å². The Morgan fingerprint density at radius 2 is 2.47 bits per heavy atom. The van der Waals surface area contributed by atoms with Crippen molar-refractivity contribution in [2.45, 2.75) is 19.5 Å². The number of H-pyrrole nitrogens is 1. The van der Waals surface area contributed by atoms with Gasteiger partial charge in [-0.2, -0.15) is 10.2 Å². The molecule has 0 fully saturated rings. The zero-order valence-corrected chi connectivity index (χ0v) is 8.81. The van der Waals surface area contributed by atoms with Crippen LogP contribution < -0.4 is 5.32 Å². The standard InChI is InChI=1S/C9H14N6/c1-3-15-5-7(4-13-15)8(10-2)9-11-6-12-14-9/h4-6,8,10H,3H2,1-2H3,(H,11,12,14). The highest BCUT2D eigenvalue weighted by molar-refractivity contribution is 5.18.